The van der Waals surface area contributed by atoms with E-state index in [1.165, 1.54) is 30.3 Å². The van der Waals surface area contributed by atoms with Crippen LogP contribution in [0.3, 0.4) is 0 Å². The van der Waals surface area contributed by atoms with Gasteiger partial charge in [0, 0.05) is 0 Å². The monoisotopic (exact) mass is 489 g/mol. The number of thiophene rings is 1. The van der Waals surface area contributed by atoms with Gasteiger partial charge >= 0.3 is 11.9 Å². The maximum Gasteiger partial charge on any atom is 0.348 e. The zero-order chi connectivity index (χ0) is 24.8. The van der Waals surface area contributed by atoms with Crippen LogP contribution in [-0.4, -0.2) is 30.6 Å². The fourth-order valence-corrected chi connectivity index (χ4v) is 4.02. The summed E-state index contributed by atoms with van der Waals surface area (Å²) in [6.45, 7) is 6.85. The number of benzene rings is 1. The maximum absolute atomic E-state index is 13.0. The number of esters is 2. The first-order valence-electron chi connectivity index (χ1n) is 10.5. The molecule has 180 valence electrons. The summed E-state index contributed by atoms with van der Waals surface area (Å²) in [6, 6.07) is 8.51. The van der Waals surface area contributed by atoms with Crippen LogP contribution in [0, 0.1) is 12.7 Å². The first-order valence-corrected chi connectivity index (χ1v) is 11.3. The van der Waals surface area contributed by atoms with E-state index in [0.29, 0.717) is 17.1 Å². The number of hydrogen-bond donors (Lipinski definition) is 1. The average Bonchev–Trinajstić information content (AvgIpc) is 3.37. The van der Waals surface area contributed by atoms with E-state index in [1.807, 2.05) is 0 Å². The van der Waals surface area contributed by atoms with E-state index in [4.69, 9.17) is 18.6 Å². The van der Waals surface area contributed by atoms with E-state index in [0.717, 1.165) is 11.3 Å². The summed E-state index contributed by atoms with van der Waals surface area (Å²) in [6.07, 6.45) is -0.393. The van der Waals surface area contributed by atoms with Crippen LogP contribution in [0.4, 0.5) is 9.39 Å². The van der Waals surface area contributed by atoms with Crippen molar-refractivity contribution in [1.82, 2.24) is 0 Å². The molecule has 0 aliphatic heterocycles. The van der Waals surface area contributed by atoms with Crippen LogP contribution in [0.15, 0.2) is 40.8 Å². The third-order valence-electron chi connectivity index (χ3n) is 4.46. The molecule has 0 spiro atoms. The molecule has 34 heavy (non-hydrogen) atoms. The molecule has 3 aromatic rings. The van der Waals surface area contributed by atoms with Crippen LogP contribution in [0.1, 0.15) is 62.7 Å². The molecule has 0 saturated carbocycles. The molecule has 10 heteroatoms. The number of amides is 1. The van der Waals surface area contributed by atoms with Gasteiger partial charge in [-0.05, 0) is 69.7 Å². The molecule has 2 heterocycles. The van der Waals surface area contributed by atoms with Gasteiger partial charge in [0.2, 0.25) is 0 Å². The van der Waals surface area contributed by atoms with Crippen molar-refractivity contribution in [2.45, 2.75) is 40.4 Å². The minimum absolute atomic E-state index is 0.0235. The first kappa shape index (κ1) is 25.0. The van der Waals surface area contributed by atoms with Gasteiger partial charge in [0.25, 0.3) is 5.91 Å². The fourth-order valence-electron chi connectivity index (χ4n) is 2.94. The molecule has 0 saturated heterocycles. The van der Waals surface area contributed by atoms with Crippen LogP contribution >= 0.6 is 11.3 Å². The Hall–Kier alpha value is -3.66. The SMILES string of the molecule is CCOC(=O)c1sc(NC(=O)c2ccc(COc3ccc(F)cc3)o2)c(C(=O)OC(C)C)c1C. The van der Waals surface area contributed by atoms with Crippen molar-refractivity contribution in [1.29, 1.82) is 0 Å². The predicted molar refractivity (Wildman–Crippen MR) is 123 cm³/mol. The molecule has 0 fully saturated rings. The Morgan fingerprint density at radius 3 is 2.44 bits per heavy atom. The highest BCUT2D eigenvalue weighted by atomic mass is 32.1. The molecular formula is C24H24FNO7S. The number of anilines is 1. The van der Waals surface area contributed by atoms with Crippen LogP contribution in [0.2, 0.25) is 0 Å². The van der Waals surface area contributed by atoms with Crippen molar-refractivity contribution in [2.75, 3.05) is 11.9 Å². The number of nitrogens with one attached hydrogen (secondary N) is 1. The summed E-state index contributed by atoms with van der Waals surface area (Å²) in [7, 11) is 0. The number of furan rings is 1. The minimum Gasteiger partial charge on any atom is -0.486 e. The summed E-state index contributed by atoms with van der Waals surface area (Å²) in [4.78, 5) is 38.0. The second-order valence-electron chi connectivity index (χ2n) is 7.40. The number of carbonyl (C=O) groups excluding carboxylic acids is 3. The third kappa shape index (κ3) is 6.02. The number of ether oxygens (including phenoxy) is 3. The Labute approximate surface area is 199 Å². The quantitative estimate of drug-likeness (QED) is 0.403. The lowest BCUT2D eigenvalue weighted by Gasteiger charge is -2.10. The zero-order valence-electron chi connectivity index (χ0n) is 19.1. The van der Waals surface area contributed by atoms with Gasteiger partial charge < -0.3 is 23.9 Å². The summed E-state index contributed by atoms with van der Waals surface area (Å²) in [5.74, 6) is -1.48. The Morgan fingerprint density at radius 1 is 1.09 bits per heavy atom. The second kappa shape index (κ2) is 11.0. The van der Waals surface area contributed by atoms with Gasteiger partial charge in [-0.2, -0.15) is 0 Å². The van der Waals surface area contributed by atoms with Crippen molar-refractivity contribution >= 4 is 34.2 Å². The lowest BCUT2D eigenvalue weighted by atomic mass is 10.1. The van der Waals surface area contributed by atoms with Crippen molar-refractivity contribution < 1.29 is 37.4 Å². The second-order valence-corrected chi connectivity index (χ2v) is 8.42. The molecule has 1 amide bonds. The van der Waals surface area contributed by atoms with E-state index in [9.17, 15) is 18.8 Å². The topological polar surface area (TPSA) is 104 Å². The number of carbonyl (C=O) groups is 3. The molecule has 1 aromatic carbocycles. The molecule has 3 rings (SSSR count). The standard InChI is InChI=1S/C24H24FNO7S/c1-5-30-24(29)20-14(4)19(23(28)32-13(2)3)22(34-20)26-21(27)18-11-10-17(33-18)12-31-16-8-6-15(25)7-9-16/h6-11,13H,5,12H2,1-4H3,(H,26,27). The van der Waals surface area contributed by atoms with Gasteiger partial charge in [0.15, 0.2) is 5.76 Å². The molecular weight excluding hydrogens is 465 g/mol. The molecule has 0 unspecified atom stereocenters. The molecule has 1 N–H and O–H groups in total. The number of hydrogen-bond acceptors (Lipinski definition) is 8. The molecule has 0 bridgehead atoms. The Balaban J connectivity index is 1.78. The van der Waals surface area contributed by atoms with Crippen LogP contribution in [0.5, 0.6) is 5.75 Å². The molecule has 2 aromatic heterocycles. The van der Waals surface area contributed by atoms with Crippen LogP contribution in [-0.2, 0) is 16.1 Å². The lowest BCUT2D eigenvalue weighted by molar-refractivity contribution is 0.0379. The van der Waals surface area contributed by atoms with E-state index < -0.39 is 23.9 Å². The summed E-state index contributed by atoms with van der Waals surface area (Å²) in [5.41, 5.74) is 0.443. The normalized spacial score (nSPS) is 10.8. The van der Waals surface area contributed by atoms with Gasteiger partial charge in [-0.1, -0.05) is 0 Å². The summed E-state index contributed by atoms with van der Waals surface area (Å²) < 4.78 is 34.4. The fraction of sp³-hybridized carbons (Fsp3) is 0.292. The van der Waals surface area contributed by atoms with E-state index in [2.05, 4.69) is 5.32 Å². The average molecular weight is 490 g/mol. The third-order valence-corrected chi connectivity index (χ3v) is 5.65. The smallest absolute Gasteiger partial charge is 0.348 e. The zero-order valence-corrected chi connectivity index (χ0v) is 19.9. The molecule has 0 aliphatic rings. The van der Waals surface area contributed by atoms with Gasteiger partial charge in [-0.25, -0.2) is 14.0 Å². The van der Waals surface area contributed by atoms with Crippen molar-refractivity contribution in [2.24, 2.45) is 0 Å². The van der Waals surface area contributed by atoms with Crippen molar-refractivity contribution in [3.63, 3.8) is 0 Å². The molecule has 8 nitrogen and oxygen atoms in total. The van der Waals surface area contributed by atoms with Crippen LogP contribution < -0.4 is 10.1 Å². The molecule has 0 aliphatic carbocycles. The predicted octanol–water partition coefficient (Wildman–Crippen LogP) is 5.36. The first-order chi connectivity index (χ1) is 16.2. The molecule has 0 radical (unpaired) electrons. The largest absolute Gasteiger partial charge is 0.486 e. The molecule has 0 atom stereocenters. The van der Waals surface area contributed by atoms with Gasteiger partial charge in [-0.15, -0.1) is 11.3 Å². The summed E-state index contributed by atoms with van der Waals surface area (Å²) >= 11 is 0.924. The highest BCUT2D eigenvalue weighted by Crippen LogP contribution is 2.35. The Morgan fingerprint density at radius 2 is 1.79 bits per heavy atom. The lowest BCUT2D eigenvalue weighted by Crippen LogP contribution is -2.16. The number of halogens is 1. The van der Waals surface area contributed by atoms with Gasteiger partial charge in [-0.3, -0.25) is 4.79 Å². The summed E-state index contributed by atoms with van der Waals surface area (Å²) in [5, 5.41) is 2.78. The van der Waals surface area contributed by atoms with Crippen molar-refractivity contribution in [3.8, 4) is 5.75 Å². The van der Waals surface area contributed by atoms with Crippen LogP contribution in [0.25, 0.3) is 0 Å². The van der Waals surface area contributed by atoms with Gasteiger partial charge in [0.1, 0.15) is 33.8 Å². The highest BCUT2D eigenvalue weighted by Gasteiger charge is 2.28. The van der Waals surface area contributed by atoms with Crippen molar-refractivity contribution in [3.05, 3.63) is 69.7 Å². The van der Waals surface area contributed by atoms with Gasteiger partial charge in [0.05, 0.1) is 18.3 Å². The minimum atomic E-state index is -0.664. The van der Waals surface area contributed by atoms with E-state index in [1.54, 1.807) is 33.8 Å². The highest BCUT2D eigenvalue weighted by molar-refractivity contribution is 7.18. The Kier molecular flexibility index (Phi) is 8.06. The number of rotatable bonds is 9. The Bertz CT molecular complexity index is 1180. The maximum atomic E-state index is 13.0. The van der Waals surface area contributed by atoms with E-state index >= 15 is 0 Å². The van der Waals surface area contributed by atoms with E-state index in [-0.39, 0.29) is 40.2 Å².